The van der Waals surface area contributed by atoms with Crippen LogP contribution in [0, 0.1) is 0 Å². The number of para-hydroxylation sites is 2. The first-order chi connectivity index (χ1) is 19.3. The predicted octanol–water partition coefficient (Wildman–Crippen LogP) is 5.43. The van der Waals surface area contributed by atoms with E-state index in [1.165, 1.54) is 29.8 Å². The Morgan fingerprint density at radius 3 is 2.15 bits per heavy atom. The molecule has 1 aliphatic rings. The second-order valence-corrected chi connectivity index (χ2v) is 8.76. The number of anilines is 3. The highest BCUT2D eigenvalue weighted by Gasteiger charge is 2.32. The van der Waals surface area contributed by atoms with Crippen LogP contribution < -0.4 is 16.1 Å². The van der Waals surface area contributed by atoms with Gasteiger partial charge in [0.1, 0.15) is 0 Å². The highest BCUT2D eigenvalue weighted by atomic mass is 16.5. The minimum absolute atomic E-state index is 0.0970. The van der Waals surface area contributed by atoms with Gasteiger partial charge in [0, 0.05) is 17.6 Å². The first kappa shape index (κ1) is 29.6. The van der Waals surface area contributed by atoms with Gasteiger partial charge in [-0.15, -0.1) is 0 Å². The van der Waals surface area contributed by atoms with Gasteiger partial charge in [0.15, 0.2) is 0 Å². The Kier molecular flexibility index (Phi) is 10.6. The quantitative estimate of drug-likeness (QED) is 0.186. The van der Waals surface area contributed by atoms with E-state index in [1.54, 1.807) is 13.1 Å². The Bertz CT molecular complexity index is 1410. The zero-order chi connectivity index (χ0) is 29.1. The molecule has 208 valence electrons. The summed E-state index contributed by atoms with van der Waals surface area (Å²) in [4.78, 5) is 36.2. The first-order valence-electron chi connectivity index (χ1n) is 13.1. The number of ether oxygens (including phenoxy) is 1. The Morgan fingerprint density at radius 1 is 0.950 bits per heavy atom. The molecule has 0 aliphatic carbocycles. The molecule has 1 aliphatic heterocycles. The van der Waals surface area contributed by atoms with E-state index in [1.807, 2.05) is 49.4 Å². The molecule has 3 aromatic rings. The second-order valence-electron chi connectivity index (χ2n) is 8.76. The summed E-state index contributed by atoms with van der Waals surface area (Å²) in [5.41, 5.74) is 10.7. The Hall–Kier alpha value is -4.92. The number of esters is 1. The van der Waals surface area contributed by atoms with E-state index in [0.29, 0.717) is 5.69 Å². The number of carbonyl (C=O) groups excluding carboxylic acids is 2. The monoisotopic (exact) mass is 542 g/mol. The number of carboxylic acids is 1. The molecular weight excluding hydrogens is 508 g/mol. The Morgan fingerprint density at radius 2 is 1.57 bits per heavy atom. The van der Waals surface area contributed by atoms with Crippen LogP contribution in [0.25, 0.3) is 0 Å². The van der Waals surface area contributed by atoms with Crippen LogP contribution in [0.2, 0.25) is 0 Å². The van der Waals surface area contributed by atoms with Crippen molar-refractivity contribution in [2.75, 3.05) is 22.7 Å². The molecule has 9 heteroatoms. The van der Waals surface area contributed by atoms with Crippen molar-refractivity contribution in [1.82, 2.24) is 0 Å². The Balaban J connectivity index is 0.000000415. The summed E-state index contributed by atoms with van der Waals surface area (Å²) in [6, 6.07) is 21.4. The topological polar surface area (TPSA) is 134 Å². The molecule has 1 heterocycles. The minimum atomic E-state index is -1.06. The van der Waals surface area contributed by atoms with Crippen LogP contribution in [0.15, 0.2) is 89.7 Å². The van der Waals surface area contributed by atoms with E-state index in [9.17, 15) is 14.4 Å². The summed E-state index contributed by atoms with van der Waals surface area (Å²) in [5, 5.41) is 17.7. The first-order valence-corrected chi connectivity index (χ1v) is 13.1. The van der Waals surface area contributed by atoms with Crippen LogP contribution >= 0.6 is 0 Å². The number of nitrogens with two attached hydrogens (primary N) is 1. The molecule has 0 atom stereocenters. The van der Waals surface area contributed by atoms with E-state index in [2.05, 4.69) is 23.4 Å². The second kappa shape index (κ2) is 14.3. The SMILES string of the molecule is CCOC(=O)CC1=NN(c2ccc(C(=O)O)cc2)C(=O)C1=CNc1ccccc1CC.CCc1ccccc1N. The highest BCUT2D eigenvalue weighted by molar-refractivity contribution is 6.32. The smallest absolute Gasteiger partial charge is 0.335 e. The summed E-state index contributed by atoms with van der Waals surface area (Å²) < 4.78 is 5.01. The maximum Gasteiger partial charge on any atom is 0.335 e. The van der Waals surface area contributed by atoms with E-state index in [-0.39, 0.29) is 29.9 Å². The third-order valence-electron chi connectivity index (χ3n) is 6.14. The lowest BCUT2D eigenvalue weighted by Gasteiger charge is -2.12. The maximum absolute atomic E-state index is 13.1. The van der Waals surface area contributed by atoms with E-state index < -0.39 is 17.8 Å². The molecule has 0 bridgehead atoms. The summed E-state index contributed by atoms with van der Waals surface area (Å²) in [5.74, 6) is -1.98. The number of aryl methyl sites for hydroxylation is 2. The van der Waals surface area contributed by atoms with Crippen LogP contribution in [-0.4, -0.2) is 35.3 Å². The average molecular weight is 543 g/mol. The van der Waals surface area contributed by atoms with Crippen molar-refractivity contribution in [2.45, 2.75) is 40.0 Å². The Labute approximate surface area is 234 Å². The molecule has 4 rings (SSSR count). The number of hydrogen-bond acceptors (Lipinski definition) is 7. The third kappa shape index (κ3) is 7.57. The number of nitrogens with one attached hydrogen (secondary N) is 1. The van der Waals surface area contributed by atoms with E-state index in [0.717, 1.165) is 34.8 Å². The van der Waals surface area contributed by atoms with Crippen molar-refractivity contribution in [3.63, 3.8) is 0 Å². The number of carbonyl (C=O) groups is 3. The van der Waals surface area contributed by atoms with Crippen LogP contribution in [0.5, 0.6) is 0 Å². The van der Waals surface area contributed by atoms with Gasteiger partial charge in [-0.05, 0) is 67.3 Å². The molecule has 0 fully saturated rings. The van der Waals surface area contributed by atoms with Gasteiger partial charge < -0.3 is 20.9 Å². The van der Waals surface area contributed by atoms with Gasteiger partial charge in [-0.1, -0.05) is 50.2 Å². The molecule has 0 aromatic heterocycles. The summed E-state index contributed by atoms with van der Waals surface area (Å²) in [6.45, 7) is 6.06. The van der Waals surface area contributed by atoms with Gasteiger partial charge in [0.2, 0.25) is 0 Å². The van der Waals surface area contributed by atoms with E-state index >= 15 is 0 Å². The molecule has 0 radical (unpaired) electrons. The number of rotatable bonds is 9. The average Bonchev–Trinajstić information content (AvgIpc) is 3.27. The number of hydrazone groups is 1. The molecule has 0 saturated carbocycles. The molecular formula is C31H34N4O5. The minimum Gasteiger partial charge on any atom is -0.478 e. The van der Waals surface area contributed by atoms with Gasteiger partial charge in [0.25, 0.3) is 5.91 Å². The van der Waals surface area contributed by atoms with E-state index in [4.69, 9.17) is 15.6 Å². The van der Waals surface area contributed by atoms with Crippen molar-refractivity contribution >= 4 is 40.6 Å². The summed E-state index contributed by atoms with van der Waals surface area (Å²) >= 11 is 0. The van der Waals surface area contributed by atoms with Gasteiger partial charge in [0.05, 0.1) is 35.6 Å². The summed E-state index contributed by atoms with van der Waals surface area (Å²) in [7, 11) is 0. The fourth-order valence-electron chi connectivity index (χ4n) is 3.98. The van der Waals surface area contributed by atoms with Crippen LogP contribution in [0.1, 0.15) is 48.7 Å². The molecule has 4 N–H and O–H groups in total. The summed E-state index contributed by atoms with van der Waals surface area (Å²) in [6.07, 6.45) is 3.21. The fourth-order valence-corrected chi connectivity index (χ4v) is 3.98. The predicted molar refractivity (Wildman–Crippen MR) is 157 cm³/mol. The highest BCUT2D eigenvalue weighted by Crippen LogP contribution is 2.26. The molecule has 3 aromatic carbocycles. The third-order valence-corrected chi connectivity index (χ3v) is 6.14. The van der Waals surface area contributed by atoms with Crippen LogP contribution in [0.4, 0.5) is 17.1 Å². The molecule has 0 spiro atoms. The number of benzene rings is 3. The van der Waals surface area contributed by atoms with Crippen molar-refractivity contribution in [2.24, 2.45) is 5.10 Å². The largest absolute Gasteiger partial charge is 0.478 e. The molecule has 0 unspecified atom stereocenters. The number of amides is 1. The molecule has 9 nitrogen and oxygen atoms in total. The van der Waals surface area contributed by atoms with Gasteiger partial charge >= 0.3 is 11.9 Å². The fraction of sp³-hybridized carbons (Fsp3) is 0.226. The zero-order valence-corrected chi connectivity index (χ0v) is 22.9. The zero-order valence-electron chi connectivity index (χ0n) is 22.9. The van der Waals surface area contributed by atoms with Gasteiger partial charge in [-0.25, -0.2) is 4.79 Å². The molecule has 0 saturated heterocycles. The van der Waals surface area contributed by atoms with Crippen molar-refractivity contribution in [3.05, 3.63) is 101 Å². The number of nitrogens with zero attached hydrogens (tertiary/aromatic N) is 2. The number of hydrogen-bond donors (Lipinski definition) is 3. The van der Waals surface area contributed by atoms with Crippen molar-refractivity contribution < 1.29 is 24.2 Å². The molecule has 40 heavy (non-hydrogen) atoms. The van der Waals surface area contributed by atoms with Crippen LogP contribution in [-0.2, 0) is 27.2 Å². The lowest BCUT2D eigenvalue weighted by molar-refractivity contribution is -0.141. The number of carboxylic acid groups (broad SMARTS) is 1. The van der Waals surface area contributed by atoms with Crippen molar-refractivity contribution in [3.8, 4) is 0 Å². The maximum atomic E-state index is 13.1. The standard InChI is InChI=1S/C23H23N3O5.C8H11N/c1-3-15-7-5-6-8-19(15)24-14-18-20(13-21(27)31-4-2)25-26(22(18)28)17-11-9-16(10-12-17)23(29)30;1-2-7-5-3-4-6-8(7)9/h5-12,14,24H,3-4,13H2,1-2H3,(H,29,30);3-6H,2,9H2,1H3. The normalized spacial score (nSPS) is 13.4. The van der Waals surface area contributed by atoms with Gasteiger partial charge in [-0.3, -0.25) is 9.59 Å². The number of aromatic carboxylic acids is 1. The lowest BCUT2D eigenvalue weighted by atomic mass is 10.1. The number of nitrogen functional groups attached to an aromatic ring is 1. The van der Waals surface area contributed by atoms with Crippen LogP contribution in [0.3, 0.4) is 0 Å². The van der Waals surface area contributed by atoms with Crippen molar-refractivity contribution in [1.29, 1.82) is 0 Å². The molecule has 1 amide bonds. The lowest BCUT2D eigenvalue weighted by Crippen LogP contribution is -2.22. The van der Waals surface area contributed by atoms with Gasteiger partial charge in [-0.2, -0.15) is 10.1 Å².